The Morgan fingerprint density at radius 1 is 1.35 bits per heavy atom. The SMILES string of the molecule is Cc1ccc(-c2cc(C(=O)N3CCC[C@H](c4cc(=O)[nH]cn4)C3)n[nH]2)o1. The molecule has 1 fully saturated rings. The Morgan fingerprint density at radius 3 is 3.00 bits per heavy atom. The Bertz CT molecular complexity index is 986. The smallest absolute Gasteiger partial charge is 0.274 e. The number of aromatic amines is 2. The molecule has 3 aromatic rings. The van der Waals surface area contributed by atoms with Crippen molar-refractivity contribution >= 4 is 5.91 Å². The van der Waals surface area contributed by atoms with Crippen molar-refractivity contribution in [2.45, 2.75) is 25.7 Å². The van der Waals surface area contributed by atoms with Gasteiger partial charge in [0.1, 0.15) is 11.5 Å². The first kappa shape index (κ1) is 16.3. The molecule has 0 aromatic carbocycles. The van der Waals surface area contributed by atoms with Crippen molar-refractivity contribution < 1.29 is 9.21 Å². The van der Waals surface area contributed by atoms with Gasteiger partial charge in [-0.25, -0.2) is 4.98 Å². The highest BCUT2D eigenvalue weighted by molar-refractivity contribution is 5.93. The minimum Gasteiger partial charge on any atom is -0.460 e. The summed E-state index contributed by atoms with van der Waals surface area (Å²) >= 11 is 0. The average Bonchev–Trinajstić information content (AvgIpc) is 3.30. The maximum absolute atomic E-state index is 12.8. The number of likely N-dealkylation sites (tertiary alicyclic amines) is 1. The van der Waals surface area contributed by atoms with Gasteiger partial charge in [-0.3, -0.25) is 14.7 Å². The van der Waals surface area contributed by atoms with Gasteiger partial charge in [0.25, 0.3) is 11.5 Å². The second-order valence-electron chi connectivity index (χ2n) is 6.50. The van der Waals surface area contributed by atoms with Gasteiger partial charge in [-0.05, 0) is 31.9 Å². The zero-order valence-corrected chi connectivity index (χ0v) is 14.4. The number of hydrogen-bond acceptors (Lipinski definition) is 5. The van der Waals surface area contributed by atoms with E-state index in [1.54, 1.807) is 11.0 Å². The van der Waals surface area contributed by atoms with Crippen LogP contribution in [-0.4, -0.2) is 44.1 Å². The van der Waals surface area contributed by atoms with E-state index in [9.17, 15) is 9.59 Å². The van der Waals surface area contributed by atoms with Crippen LogP contribution < -0.4 is 5.56 Å². The van der Waals surface area contributed by atoms with Crippen molar-refractivity contribution in [3.05, 3.63) is 58.1 Å². The molecule has 134 valence electrons. The fourth-order valence-electron chi connectivity index (χ4n) is 3.31. The lowest BCUT2D eigenvalue weighted by atomic mass is 9.94. The van der Waals surface area contributed by atoms with Gasteiger partial charge in [0, 0.05) is 31.1 Å². The fourth-order valence-corrected chi connectivity index (χ4v) is 3.31. The third-order valence-electron chi connectivity index (χ3n) is 4.63. The van der Waals surface area contributed by atoms with Crippen molar-refractivity contribution in [1.82, 2.24) is 25.1 Å². The predicted molar refractivity (Wildman–Crippen MR) is 93.8 cm³/mol. The fraction of sp³-hybridized carbons (Fsp3) is 0.333. The Balaban J connectivity index is 1.51. The van der Waals surface area contributed by atoms with Crippen molar-refractivity contribution in [2.75, 3.05) is 13.1 Å². The molecule has 0 unspecified atom stereocenters. The Morgan fingerprint density at radius 2 is 2.23 bits per heavy atom. The van der Waals surface area contributed by atoms with E-state index in [1.165, 1.54) is 12.4 Å². The first-order valence-corrected chi connectivity index (χ1v) is 8.56. The van der Waals surface area contributed by atoms with Gasteiger partial charge in [-0.15, -0.1) is 0 Å². The molecular formula is C18H19N5O3. The maximum atomic E-state index is 12.8. The van der Waals surface area contributed by atoms with Gasteiger partial charge in [0.2, 0.25) is 0 Å². The standard InChI is InChI=1S/C18H19N5O3/c1-11-4-5-16(26-11)14-7-15(22-21-14)18(25)23-6-2-3-12(9-23)13-8-17(24)20-10-19-13/h4-5,7-8,10,12H,2-3,6,9H2,1H3,(H,21,22)(H,19,20,24)/t12-/m0/s1. The summed E-state index contributed by atoms with van der Waals surface area (Å²) in [6.07, 6.45) is 3.17. The zero-order chi connectivity index (χ0) is 18.1. The summed E-state index contributed by atoms with van der Waals surface area (Å²) in [5, 5.41) is 7.00. The summed E-state index contributed by atoms with van der Waals surface area (Å²) in [6, 6.07) is 6.91. The van der Waals surface area contributed by atoms with E-state index in [4.69, 9.17) is 4.42 Å². The topological polar surface area (TPSA) is 108 Å². The molecule has 1 amide bonds. The Kier molecular flexibility index (Phi) is 4.16. The number of H-pyrrole nitrogens is 2. The second kappa shape index (κ2) is 6.62. The lowest BCUT2D eigenvalue weighted by molar-refractivity contribution is 0.0700. The first-order chi connectivity index (χ1) is 12.6. The third kappa shape index (κ3) is 3.17. The molecule has 26 heavy (non-hydrogen) atoms. The number of piperidine rings is 1. The molecule has 3 aromatic heterocycles. The largest absolute Gasteiger partial charge is 0.460 e. The molecule has 1 atom stereocenters. The van der Waals surface area contributed by atoms with Crippen LogP contribution in [0.4, 0.5) is 0 Å². The summed E-state index contributed by atoms with van der Waals surface area (Å²) in [4.78, 5) is 32.9. The molecule has 0 saturated carbocycles. The van der Waals surface area contributed by atoms with Crippen LogP contribution in [0.1, 0.15) is 40.7 Å². The second-order valence-corrected chi connectivity index (χ2v) is 6.50. The number of amides is 1. The van der Waals surface area contributed by atoms with Gasteiger partial charge in [-0.2, -0.15) is 5.10 Å². The highest BCUT2D eigenvalue weighted by atomic mass is 16.3. The molecule has 4 rings (SSSR count). The quantitative estimate of drug-likeness (QED) is 0.749. The predicted octanol–water partition coefficient (Wildman–Crippen LogP) is 2.08. The molecule has 0 radical (unpaired) electrons. The zero-order valence-electron chi connectivity index (χ0n) is 14.4. The molecule has 0 aliphatic carbocycles. The number of furan rings is 1. The highest BCUT2D eigenvalue weighted by Gasteiger charge is 2.28. The third-order valence-corrected chi connectivity index (χ3v) is 4.63. The molecule has 4 heterocycles. The van der Waals surface area contributed by atoms with E-state index in [1.807, 2.05) is 19.1 Å². The molecule has 0 bridgehead atoms. The van der Waals surface area contributed by atoms with Gasteiger partial charge in [0.15, 0.2) is 11.5 Å². The number of nitrogens with zero attached hydrogens (tertiary/aromatic N) is 3. The number of carbonyl (C=O) groups excluding carboxylic acids is 1. The van der Waals surface area contributed by atoms with Crippen LogP contribution in [0, 0.1) is 6.92 Å². The molecule has 1 aliphatic rings. The summed E-state index contributed by atoms with van der Waals surface area (Å²) in [7, 11) is 0. The van der Waals surface area contributed by atoms with Crippen molar-refractivity contribution in [3.63, 3.8) is 0 Å². The van der Waals surface area contributed by atoms with Crippen molar-refractivity contribution in [1.29, 1.82) is 0 Å². The summed E-state index contributed by atoms with van der Waals surface area (Å²) in [5.41, 5.74) is 1.57. The molecule has 8 nitrogen and oxygen atoms in total. The summed E-state index contributed by atoms with van der Waals surface area (Å²) in [6.45, 7) is 3.06. The van der Waals surface area contributed by atoms with Crippen LogP contribution in [-0.2, 0) is 0 Å². The van der Waals surface area contributed by atoms with E-state index in [0.29, 0.717) is 30.2 Å². The highest BCUT2D eigenvalue weighted by Crippen LogP contribution is 2.26. The molecule has 8 heteroatoms. The number of hydrogen-bond donors (Lipinski definition) is 2. The van der Waals surface area contributed by atoms with Crippen molar-refractivity contribution in [3.8, 4) is 11.5 Å². The van der Waals surface area contributed by atoms with E-state index < -0.39 is 0 Å². The molecular weight excluding hydrogens is 334 g/mol. The van der Waals surface area contributed by atoms with Gasteiger partial charge >= 0.3 is 0 Å². The minimum absolute atomic E-state index is 0.0566. The van der Waals surface area contributed by atoms with Crippen LogP contribution in [0.2, 0.25) is 0 Å². The van der Waals surface area contributed by atoms with E-state index >= 15 is 0 Å². The molecule has 1 aliphatic heterocycles. The Hall–Kier alpha value is -3.16. The summed E-state index contributed by atoms with van der Waals surface area (Å²) < 4.78 is 5.56. The normalized spacial score (nSPS) is 17.4. The van der Waals surface area contributed by atoms with Crippen LogP contribution in [0.3, 0.4) is 0 Å². The minimum atomic E-state index is -0.177. The van der Waals surface area contributed by atoms with Crippen LogP contribution in [0.15, 0.2) is 39.8 Å². The molecule has 1 saturated heterocycles. The van der Waals surface area contributed by atoms with E-state index in [0.717, 1.165) is 24.3 Å². The van der Waals surface area contributed by atoms with E-state index in [-0.39, 0.29) is 17.4 Å². The average molecular weight is 353 g/mol. The number of rotatable bonds is 3. The monoisotopic (exact) mass is 353 g/mol. The van der Waals surface area contributed by atoms with Crippen LogP contribution in [0.25, 0.3) is 11.5 Å². The Labute approximate surface area is 149 Å². The van der Waals surface area contributed by atoms with Gasteiger partial charge in [0.05, 0.1) is 12.0 Å². The number of aryl methyl sites for hydroxylation is 1. The van der Waals surface area contributed by atoms with E-state index in [2.05, 4.69) is 20.2 Å². The molecule has 2 N–H and O–H groups in total. The lowest BCUT2D eigenvalue weighted by Gasteiger charge is -2.31. The van der Waals surface area contributed by atoms with Gasteiger partial charge in [-0.1, -0.05) is 0 Å². The van der Waals surface area contributed by atoms with Crippen LogP contribution in [0.5, 0.6) is 0 Å². The summed E-state index contributed by atoms with van der Waals surface area (Å²) in [5.74, 6) is 1.37. The first-order valence-electron chi connectivity index (χ1n) is 8.56. The molecule has 0 spiro atoms. The number of nitrogens with one attached hydrogen (secondary N) is 2. The lowest BCUT2D eigenvalue weighted by Crippen LogP contribution is -2.39. The number of carbonyl (C=O) groups is 1. The van der Waals surface area contributed by atoms with Gasteiger partial charge < -0.3 is 14.3 Å². The maximum Gasteiger partial charge on any atom is 0.274 e. The number of aromatic nitrogens is 4. The van der Waals surface area contributed by atoms with Crippen molar-refractivity contribution in [2.24, 2.45) is 0 Å². The van der Waals surface area contributed by atoms with Crippen LogP contribution >= 0.6 is 0 Å².